The molecule has 0 aliphatic rings. The zero-order chi connectivity index (χ0) is 15.0. The SMILES string of the molecule is COCCOCCCNc1nc(C)cc(C)c1C(N)=S. The number of nitrogens with one attached hydrogen (secondary N) is 1. The summed E-state index contributed by atoms with van der Waals surface area (Å²) in [5.41, 5.74) is 8.58. The second kappa shape index (κ2) is 8.84. The summed E-state index contributed by atoms with van der Waals surface area (Å²) in [6, 6.07) is 1.98. The third kappa shape index (κ3) is 5.40. The highest BCUT2D eigenvalue weighted by Gasteiger charge is 2.10. The Morgan fingerprint density at radius 3 is 2.75 bits per heavy atom. The fraction of sp³-hybridized carbons (Fsp3) is 0.571. The molecular formula is C14H23N3O2S. The van der Waals surface area contributed by atoms with Crippen LogP contribution in [0.4, 0.5) is 5.82 Å². The van der Waals surface area contributed by atoms with Crippen molar-refractivity contribution >= 4 is 23.0 Å². The number of thiocarbonyl (C=S) groups is 1. The average molecular weight is 297 g/mol. The van der Waals surface area contributed by atoms with Crippen molar-refractivity contribution in [2.24, 2.45) is 5.73 Å². The molecule has 20 heavy (non-hydrogen) atoms. The van der Waals surface area contributed by atoms with Crippen molar-refractivity contribution in [3.63, 3.8) is 0 Å². The van der Waals surface area contributed by atoms with Crippen molar-refractivity contribution < 1.29 is 9.47 Å². The monoisotopic (exact) mass is 297 g/mol. The summed E-state index contributed by atoms with van der Waals surface area (Å²) in [5.74, 6) is 0.756. The van der Waals surface area contributed by atoms with Gasteiger partial charge in [0.05, 0.1) is 18.8 Å². The maximum absolute atomic E-state index is 5.76. The first-order valence-corrected chi connectivity index (χ1v) is 7.05. The summed E-state index contributed by atoms with van der Waals surface area (Å²) in [6.45, 7) is 6.63. The van der Waals surface area contributed by atoms with Gasteiger partial charge in [0.15, 0.2) is 0 Å². The first-order chi connectivity index (χ1) is 9.56. The van der Waals surface area contributed by atoms with Crippen molar-refractivity contribution in [1.82, 2.24) is 4.98 Å². The molecular weight excluding hydrogens is 274 g/mol. The van der Waals surface area contributed by atoms with E-state index in [1.807, 2.05) is 19.9 Å². The van der Waals surface area contributed by atoms with Gasteiger partial charge >= 0.3 is 0 Å². The van der Waals surface area contributed by atoms with Crippen molar-refractivity contribution in [3.8, 4) is 0 Å². The maximum Gasteiger partial charge on any atom is 0.136 e. The van der Waals surface area contributed by atoms with Crippen LogP contribution in [0.3, 0.4) is 0 Å². The Kier molecular flexibility index (Phi) is 7.43. The quantitative estimate of drug-likeness (QED) is 0.535. The molecule has 0 radical (unpaired) electrons. The minimum atomic E-state index is 0.369. The Morgan fingerprint density at radius 1 is 1.35 bits per heavy atom. The molecule has 0 bridgehead atoms. The fourth-order valence-corrected chi connectivity index (χ4v) is 2.16. The van der Waals surface area contributed by atoms with Gasteiger partial charge < -0.3 is 20.5 Å². The molecule has 0 spiro atoms. The first kappa shape index (κ1) is 16.8. The Bertz CT molecular complexity index is 452. The Hall–Kier alpha value is -1.24. The molecule has 0 aromatic carbocycles. The summed E-state index contributed by atoms with van der Waals surface area (Å²) in [7, 11) is 1.66. The van der Waals surface area contributed by atoms with Crippen molar-refractivity contribution in [2.45, 2.75) is 20.3 Å². The number of aryl methyl sites for hydroxylation is 2. The van der Waals surface area contributed by atoms with Gasteiger partial charge in [-0.25, -0.2) is 4.98 Å². The summed E-state index contributed by atoms with van der Waals surface area (Å²) in [5, 5.41) is 3.28. The van der Waals surface area contributed by atoms with Crippen LogP contribution in [0.25, 0.3) is 0 Å². The summed E-state index contributed by atoms with van der Waals surface area (Å²) in [6.07, 6.45) is 0.884. The minimum absolute atomic E-state index is 0.369. The second-order valence-electron chi connectivity index (χ2n) is 4.55. The van der Waals surface area contributed by atoms with Gasteiger partial charge in [-0.3, -0.25) is 0 Å². The minimum Gasteiger partial charge on any atom is -0.389 e. The Balaban J connectivity index is 2.49. The zero-order valence-corrected chi connectivity index (χ0v) is 13.2. The zero-order valence-electron chi connectivity index (χ0n) is 12.4. The fourth-order valence-electron chi connectivity index (χ4n) is 1.90. The van der Waals surface area contributed by atoms with Gasteiger partial charge in [-0.15, -0.1) is 0 Å². The van der Waals surface area contributed by atoms with Gasteiger partial charge in [-0.1, -0.05) is 12.2 Å². The van der Waals surface area contributed by atoms with Crippen LogP contribution in [0, 0.1) is 13.8 Å². The maximum atomic E-state index is 5.76. The van der Waals surface area contributed by atoms with Crippen LogP contribution in [0.2, 0.25) is 0 Å². The third-order valence-corrected chi connectivity index (χ3v) is 2.98. The van der Waals surface area contributed by atoms with E-state index in [9.17, 15) is 0 Å². The average Bonchev–Trinajstić information content (AvgIpc) is 2.36. The van der Waals surface area contributed by atoms with E-state index in [0.717, 1.165) is 35.6 Å². The molecule has 0 amide bonds. The number of pyridine rings is 1. The largest absolute Gasteiger partial charge is 0.389 e. The number of hydrogen-bond donors (Lipinski definition) is 2. The van der Waals surface area contributed by atoms with E-state index in [2.05, 4.69) is 10.3 Å². The van der Waals surface area contributed by atoms with E-state index in [1.165, 1.54) is 0 Å². The van der Waals surface area contributed by atoms with Crippen LogP contribution >= 0.6 is 12.2 Å². The van der Waals surface area contributed by atoms with Gasteiger partial charge in [0.25, 0.3) is 0 Å². The third-order valence-electron chi connectivity index (χ3n) is 2.78. The predicted molar refractivity (Wildman–Crippen MR) is 85.4 cm³/mol. The molecule has 1 heterocycles. The number of aromatic nitrogens is 1. The summed E-state index contributed by atoms with van der Waals surface area (Å²) >= 11 is 5.09. The summed E-state index contributed by atoms with van der Waals surface area (Å²) in [4.78, 5) is 4.83. The van der Waals surface area contributed by atoms with Gasteiger partial charge in [0, 0.05) is 26.0 Å². The van der Waals surface area contributed by atoms with Gasteiger partial charge in [0.2, 0.25) is 0 Å². The molecule has 1 rings (SSSR count). The molecule has 5 nitrogen and oxygen atoms in total. The highest BCUT2D eigenvalue weighted by Crippen LogP contribution is 2.18. The van der Waals surface area contributed by atoms with Crippen molar-refractivity contribution in [1.29, 1.82) is 0 Å². The van der Waals surface area contributed by atoms with Gasteiger partial charge in [0.1, 0.15) is 10.8 Å². The van der Waals surface area contributed by atoms with Gasteiger partial charge in [-0.05, 0) is 31.9 Å². The van der Waals surface area contributed by atoms with E-state index in [1.54, 1.807) is 7.11 Å². The molecule has 0 saturated heterocycles. The predicted octanol–water partition coefficient (Wildman–Crippen LogP) is 1.80. The molecule has 0 aliphatic heterocycles. The molecule has 1 aromatic rings. The van der Waals surface area contributed by atoms with E-state index >= 15 is 0 Å². The topological polar surface area (TPSA) is 69.4 Å². The van der Waals surface area contributed by atoms with E-state index < -0.39 is 0 Å². The molecule has 6 heteroatoms. The summed E-state index contributed by atoms with van der Waals surface area (Å²) < 4.78 is 10.3. The lowest BCUT2D eigenvalue weighted by atomic mass is 10.1. The van der Waals surface area contributed by atoms with E-state index in [4.69, 9.17) is 27.4 Å². The number of ether oxygens (including phenoxy) is 2. The molecule has 3 N–H and O–H groups in total. The highest BCUT2D eigenvalue weighted by atomic mass is 32.1. The number of hydrogen-bond acceptors (Lipinski definition) is 5. The molecule has 0 fully saturated rings. The van der Waals surface area contributed by atoms with Crippen LogP contribution in [0.15, 0.2) is 6.07 Å². The van der Waals surface area contributed by atoms with Gasteiger partial charge in [-0.2, -0.15) is 0 Å². The highest BCUT2D eigenvalue weighted by molar-refractivity contribution is 7.80. The molecule has 1 aromatic heterocycles. The molecule has 112 valence electrons. The number of rotatable bonds is 9. The molecule has 0 unspecified atom stereocenters. The van der Waals surface area contributed by atoms with E-state index in [-0.39, 0.29) is 0 Å². The lowest BCUT2D eigenvalue weighted by Gasteiger charge is -2.13. The van der Waals surface area contributed by atoms with Crippen LogP contribution in [0.1, 0.15) is 23.2 Å². The molecule has 0 aliphatic carbocycles. The van der Waals surface area contributed by atoms with Crippen molar-refractivity contribution in [3.05, 3.63) is 22.9 Å². The van der Waals surface area contributed by atoms with Crippen molar-refractivity contribution in [2.75, 3.05) is 38.8 Å². The smallest absolute Gasteiger partial charge is 0.136 e. The standard InChI is InChI=1S/C14H23N3O2S/c1-10-9-11(2)17-14(12(10)13(15)20)16-5-4-6-19-8-7-18-3/h9H,4-8H2,1-3H3,(H2,15,20)(H,16,17). The number of nitrogens with two attached hydrogens (primary N) is 1. The number of methoxy groups -OCH3 is 1. The molecule has 0 saturated carbocycles. The van der Waals surface area contributed by atoms with Crippen LogP contribution < -0.4 is 11.1 Å². The molecule has 0 atom stereocenters. The number of nitrogens with zero attached hydrogens (tertiary/aromatic N) is 1. The number of anilines is 1. The van der Waals surface area contributed by atoms with Crippen LogP contribution in [0.5, 0.6) is 0 Å². The Labute approximate surface area is 125 Å². The lowest BCUT2D eigenvalue weighted by molar-refractivity contribution is 0.0705. The van der Waals surface area contributed by atoms with E-state index in [0.29, 0.717) is 24.8 Å². The second-order valence-corrected chi connectivity index (χ2v) is 4.99. The van der Waals surface area contributed by atoms with Crippen LogP contribution in [-0.2, 0) is 9.47 Å². The van der Waals surface area contributed by atoms with Crippen LogP contribution in [-0.4, -0.2) is 43.4 Å². The Morgan fingerprint density at radius 2 is 2.10 bits per heavy atom. The normalized spacial score (nSPS) is 10.6. The lowest BCUT2D eigenvalue weighted by Crippen LogP contribution is -2.18. The first-order valence-electron chi connectivity index (χ1n) is 6.65.